The number of benzene rings is 1. The SMILES string of the molecule is C=Cc1cnc(Nc2cc(CC)n(C)n2)nc1Nc1ccc2nccnc2c1N(C)S(C)(=O)=O. The Balaban J connectivity index is 1.78. The van der Waals surface area contributed by atoms with Gasteiger partial charge in [-0.05, 0) is 18.6 Å². The van der Waals surface area contributed by atoms with Gasteiger partial charge in [-0.25, -0.2) is 13.4 Å². The molecule has 0 aliphatic heterocycles. The van der Waals surface area contributed by atoms with Gasteiger partial charge in [0.15, 0.2) is 5.82 Å². The van der Waals surface area contributed by atoms with E-state index in [4.69, 9.17) is 0 Å². The molecular weight excluding hydrogens is 454 g/mol. The Labute approximate surface area is 197 Å². The molecule has 0 radical (unpaired) electrons. The third-order valence-electron chi connectivity index (χ3n) is 5.30. The first-order valence-corrected chi connectivity index (χ1v) is 12.3. The van der Waals surface area contributed by atoms with Crippen molar-refractivity contribution >= 4 is 56.1 Å². The van der Waals surface area contributed by atoms with Gasteiger partial charge in [-0.3, -0.25) is 19.0 Å². The summed E-state index contributed by atoms with van der Waals surface area (Å²) in [7, 11) is -0.235. The summed E-state index contributed by atoms with van der Waals surface area (Å²) in [5, 5.41) is 10.8. The Hall–Kier alpha value is -4.06. The third kappa shape index (κ3) is 4.53. The highest BCUT2D eigenvalue weighted by Crippen LogP contribution is 2.35. The van der Waals surface area contributed by atoms with Gasteiger partial charge in [0.1, 0.15) is 17.0 Å². The van der Waals surface area contributed by atoms with Gasteiger partial charge in [-0.2, -0.15) is 10.1 Å². The van der Waals surface area contributed by atoms with E-state index in [1.807, 2.05) is 13.1 Å². The fourth-order valence-electron chi connectivity index (χ4n) is 3.45. The first-order valence-electron chi connectivity index (χ1n) is 10.4. The van der Waals surface area contributed by atoms with E-state index < -0.39 is 10.0 Å². The molecular formula is C22H25N9O2S. The van der Waals surface area contributed by atoms with Crippen LogP contribution in [0.4, 0.5) is 29.0 Å². The molecule has 12 heteroatoms. The summed E-state index contributed by atoms with van der Waals surface area (Å²) >= 11 is 0. The number of hydrogen-bond acceptors (Lipinski definition) is 9. The second-order valence-electron chi connectivity index (χ2n) is 7.57. The Morgan fingerprint density at radius 1 is 1.18 bits per heavy atom. The van der Waals surface area contributed by atoms with Crippen molar-refractivity contribution in [3.63, 3.8) is 0 Å². The maximum atomic E-state index is 12.4. The van der Waals surface area contributed by atoms with Gasteiger partial charge in [0.2, 0.25) is 16.0 Å². The van der Waals surface area contributed by atoms with Crippen LogP contribution in [0.25, 0.3) is 17.1 Å². The van der Waals surface area contributed by atoms with Gasteiger partial charge in [0.05, 0.1) is 17.5 Å². The van der Waals surface area contributed by atoms with E-state index in [2.05, 4.69) is 49.2 Å². The van der Waals surface area contributed by atoms with Crippen molar-refractivity contribution in [2.24, 2.45) is 7.05 Å². The van der Waals surface area contributed by atoms with Gasteiger partial charge < -0.3 is 10.6 Å². The molecule has 0 amide bonds. The van der Waals surface area contributed by atoms with Crippen molar-refractivity contribution in [1.82, 2.24) is 29.7 Å². The second-order valence-corrected chi connectivity index (χ2v) is 9.58. The van der Waals surface area contributed by atoms with Crippen LogP contribution >= 0.6 is 0 Å². The fourth-order valence-corrected chi connectivity index (χ4v) is 3.96. The number of aromatic nitrogens is 6. The van der Waals surface area contributed by atoms with Crippen LogP contribution in [0.5, 0.6) is 0 Å². The summed E-state index contributed by atoms with van der Waals surface area (Å²) in [5.74, 6) is 1.38. The number of rotatable bonds is 8. The lowest BCUT2D eigenvalue weighted by atomic mass is 10.2. The minimum Gasteiger partial charge on any atom is -0.338 e. The normalized spacial score (nSPS) is 11.4. The highest BCUT2D eigenvalue weighted by molar-refractivity contribution is 7.92. The minimum atomic E-state index is -3.58. The van der Waals surface area contributed by atoms with Crippen LogP contribution in [0.1, 0.15) is 18.2 Å². The monoisotopic (exact) mass is 479 g/mol. The average Bonchev–Trinajstić information content (AvgIpc) is 3.17. The van der Waals surface area contributed by atoms with E-state index in [1.165, 1.54) is 17.5 Å². The lowest BCUT2D eigenvalue weighted by Gasteiger charge is -2.22. The highest BCUT2D eigenvalue weighted by Gasteiger charge is 2.21. The maximum Gasteiger partial charge on any atom is 0.232 e. The minimum absolute atomic E-state index is 0.326. The quantitative estimate of drug-likeness (QED) is 0.391. The number of sulfonamides is 1. The second kappa shape index (κ2) is 9.06. The van der Waals surface area contributed by atoms with E-state index in [1.54, 1.807) is 35.3 Å². The van der Waals surface area contributed by atoms with E-state index in [-0.39, 0.29) is 0 Å². The average molecular weight is 480 g/mol. The van der Waals surface area contributed by atoms with Crippen molar-refractivity contribution in [1.29, 1.82) is 0 Å². The number of fused-ring (bicyclic) bond motifs is 1. The Morgan fingerprint density at radius 2 is 1.94 bits per heavy atom. The number of nitrogens with zero attached hydrogens (tertiary/aromatic N) is 7. The summed E-state index contributed by atoms with van der Waals surface area (Å²) in [4.78, 5) is 17.6. The molecule has 0 aliphatic carbocycles. The van der Waals surface area contributed by atoms with Crippen LogP contribution < -0.4 is 14.9 Å². The van der Waals surface area contributed by atoms with Gasteiger partial charge in [0, 0.05) is 50.0 Å². The summed E-state index contributed by atoms with van der Waals surface area (Å²) in [5.41, 5.74) is 3.54. The third-order valence-corrected chi connectivity index (χ3v) is 6.47. The maximum absolute atomic E-state index is 12.4. The van der Waals surface area contributed by atoms with Crippen molar-refractivity contribution in [2.45, 2.75) is 13.3 Å². The van der Waals surface area contributed by atoms with Gasteiger partial charge in [-0.1, -0.05) is 19.6 Å². The van der Waals surface area contributed by atoms with E-state index in [9.17, 15) is 8.42 Å². The summed E-state index contributed by atoms with van der Waals surface area (Å²) in [6, 6.07) is 5.43. The van der Waals surface area contributed by atoms with Crippen molar-refractivity contribution in [3.05, 3.63) is 54.6 Å². The Bertz CT molecular complexity index is 1480. The molecule has 0 unspecified atom stereocenters. The molecule has 0 fully saturated rings. The van der Waals surface area contributed by atoms with Crippen LogP contribution in [0, 0.1) is 0 Å². The fraction of sp³-hybridized carbons (Fsp3) is 0.227. The van der Waals surface area contributed by atoms with Gasteiger partial charge in [-0.15, -0.1) is 0 Å². The molecule has 4 aromatic rings. The van der Waals surface area contributed by atoms with Crippen molar-refractivity contribution < 1.29 is 8.42 Å². The Morgan fingerprint density at radius 3 is 2.62 bits per heavy atom. The number of hydrogen-bond donors (Lipinski definition) is 2. The molecule has 34 heavy (non-hydrogen) atoms. The molecule has 0 saturated heterocycles. The molecule has 3 aromatic heterocycles. The van der Waals surface area contributed by atoms with Crippen molar-refractivity contribution in [2.75, 3.05) is 28.2 Å². The van der Waals surface area contributed by atoms with Gasteiger partial charge in [0.25, 0.3) is 0 Å². The molecule has 0 saturated carbocycles. The van der Waals surface area contributed by atoms with Crippen LogP contribution in [-0.4, -0.2) is 51.4 Å². The lowest BCUT2D eigenvalue weighted by molar-refractivity contribution is 0.600. The summed E-state index contributed by atoms with van der Waals surface area (Å²) in [6.07, 6.45) is 8.28. The molecule has 0 spiro atoms. The van der Waals surface area contributed by atoms with Crippen LogP contribution in [0.3, 0.4) is 0 Å². The predicted octanol–water partition coefficient (Wildman–Crippen LogP) is 3.24. The molecule has 4 rings (SSSR count). The summed E-state index contributed by atoms with van der Waals surface area (Å²) < 4.78 is 27.8. The van der Waals surface area contributed by atoms with E-state index in [0.717, 1.165) is 18.4 Å². The molecule has 176 valence electrons. The van der Waals surface area contributed by atoms with Crippen LogP contribution in [-0.2, 0) is 23.5 Å². The first kappa shape index (κ1) is 23.1. The topological polar surface area (TPSA) is 131 Å². The molecule has 1 aromatic carbocycles. The molecule has 3 heterocycles. The number of aryl methyl sites for hydroxylation is 2. The standard InChI is InChI=1S/C22H25N9O2S/c1-6-14-13-25-22(27-18-12-15(7-2)30(3)29-18)28-21(14)26-17-9-8-16-19(24-11-10-23-16)20(17)31(4)34(5,32)33/h6,8-13H,1,7H2,2-5H3,(H2,25,26,27,28,29). The van der Waals surface area contributed by atoms with Gasteiger partial charge >= 0.3 is 0 Å². The van der Waals surface area contributed by atoms with Crippen LogP contribution in [0.15, 0.2) is 43.4 Å². The molecule has 11 nitrogen and oxygen atoms in total. The van der Waals surface area contributed by atoms with Crippen molar-refractivity contribution in [3.8, 4) is 0 Å². The molecule has 2 N–H and O–H groups in total. The highest BCUT2D eigenvalue weighted by atomic mass is 32.2. The zero-order valence-electron chi connectivity index (χ0n) is 19.3. The lowest BCUT2D eigenvalue weighted by Crippen LogP contribution is -2.26. The number of anilines is 5. The first-order chi connectivity index (χ1) is 16.2. The van der Waals surface area contributed by atoms with Crippen LogP contribution in [0.2, 0.25) is 0 Å². The van der Waals surface area contributed by atoms with E-state index in [0.29, 0.717) is 45.6 Å². The smallest absolute Gasteiger partial charge is 0.232 e. The van der Waals surface area contributed by atoms with E-state index >= 15 is 0 Å². The number of nitrogens with one attached hydrogen (secondary N) is 2. The molecule has 0 aliphatic rings. The molecule has 0 bridgehead atoms. The zero-order chi connectivity index (χ0) is 24.5. The largest absolute Gasteiger partial charge is 0.338 e. The summed E-state index contributed by atoms with van der Waals surface area (Å²) in [6.45, 7) is 5.89. The molecule has 0 atom stereocenters. The predicted molar refractivity (Wildman–Crippen MR) is 134 cm³/mol. The Kier molecular flexibility index (Phi) is 6.16. The zero-order valence-corrected chi connectivity index (χ0v) is 20.1.